The first-order valence-corrected chi connectivity index (χ1v) is 6.02. The van der Waals surface area contributed by atoms with Gasteiger partial charge in [0, 0.05) is 6.04 Å². The molecule has 0 bridgehead atoms. The van der Waals surface area contributed by atoms with E-state index in [4.69, 9.17) is 5.84 Å². The van der Waals surface area contributed by atoms with Crippen LogP contribution in [0.15, 0.2) is 0 Å². The van der Waals surface area contributed by atoms with Crippen LogP contribution in [0.4, 0.5) is 0 Å². The molecule has 0 saturated carbocycles. The molecule has 0 amide bonds. The van der Waals surface area contributed by atoms with Crippen molar-refractivity contribution in [2.24, 2.45) is 17.7 Å². The van der Waals surface area contributed by atoms with Gasteiger partial charge in [-0.2, -0.15) is 0 Å². The highest BCUT2D eigenvalue weighted by atomic mass is 15.2. The zero-order valence-corrected chi connectivity index (χ0v) is 10.3. The first-order chi connectivity index (χ1) is 6.56. The number of hydrogen-bond donors (Lipinski definition) is 2. The zero-order valence-electron chi connectivity index (χ0n) is 10.3. The van der Waals surface area contributed by atoms with Crippen LogP contribution < -0.4 is 11.3 Å². The minimum Gasteiger partial charge on any atom is -0.271 e. The van der Waals surface area contributed by atoms with Crippen LogP contribution in [-0.2, 0) is 0 Å². The van der Waals surface area contributed by atoms with Crippen molar-refractivity contribution in [2.75, 3.05) is 0 Å². The normalized spacial score (nSPS) is 13.9. The van der Waals surface area contributed by atoms with Crippen molar-refractivity contribution < 1.29 is 0 Å². The summed E-state index contributed by atoms with van der Waals surface area (Å²) in [6.07, 6.45) is 6.33. The molecule has 0 aliphatic heterocycles. The Kier molecular flexibility index (Phi) is 8.20. The van der Waals surface area contributed by atoms with Gasteiger partial charge in [-0.05, 0) is 31.1 Å². The standard InChI is InChI=1S/C12H28N2/c1-10(2)6-5-7-12(14-13)9-8-11(3)4/h10-12,14H,5-9,13H2,1-4H3. The summed E-state index contributed by atoms with van der Waals surface area (Å²) in [5, 5.41) is 0. The Morgan fingerprint density at radius 1 is 0.857 bits per heavy atom. The number of nitrogens with one attached hydrogen (secondary N) is 1. The maximum absolute atomic E-state index is 5.53. The summed E-state index contributed by atoms with van der Waals surface area (Å²) in [5.74, 6) is 7.13. The quantitative estimate of drug-likeness (QED) is 0.467. The largest absolute Gasteiger partial charge is 0.271 e. The molecule has 0 aliphatic carbocycles. The molecular weight excluding hydrogens is 172 g/mol. The minimum absolute atomic E-state index is 0.524. The van der Waals surface area contributed by atoms with Gasteiger partial charge in [0.25, 0.3) is 0 Å². The van der Waals surface area contributed by atoms with Crippen LogP contribution >= 0.6 is 0 Å². The first-order valence-electron chi connectivity index (χ1n) is 6.02. The van der Waals surface area contributed by atoms with Crippen LogP contribution in [0.3, 0.4) is 0 Å². The summed E-state index contributed by atoms with van der Waals surface area (Å²) in [4.78, 5) is 0. The van der Waals surface area contributed by atoms with E-state index < -0.39 is 0 Å². The molecule has 86 valence electrons. The van der Waals surface area contributed by atoms with Gasteiger partial charge in [0.2, 0.25) is 0 Å². The Balaban J connectivity index is 3.48. The minimum atomic E-state index is 0.524. The summed E-state index contributed by atoms with van der Waals surface area (Å²) in [5.41, 5.74) is 2.93. The lowest BCUT2D eigenvalue weighted by molar-refractivity contribution is 0.393. The average Bonchev–Trinajstić information content (AvgIpc) is 2.10. The lowest BCUT2D eigenvalue weighted by Gasteiger charge is -2.17. The van der Waals surface area contributed by atoms with Gasteiger partial charge >= 0.3 is 0 Å². The van der Waals surface area contributed by atoms with Crippen molar-refractivity contribution in [3.05, 3.63) is 0 Å². The smallest absolute Gasteiger partial charge is 0.0210 e. The molecule has 0 aromatic heterocycles. The van der Waals surface area contributed by atoms with Crippen LogP contribution in [-0.4, -0.2) is 6.04 Å². The van der Waals surface area contributed by atoms with Gasteiger partial charge in [-0.3, -0.25) is 11.3 Å². The molecule has 0 rings (SSSR count). The Morgan fingerprint density at radius 2 is 1.43 bits per heavy atom. The Morgan fingerprint density at radius 3 is 1.86 bits per heavy atom. The first kappa shape index (κ1) is 13.9. The van der Waals surface area contributed by atoms with Crippen LogP contribution in [0, 0.1) is 11.8 Å². The molecule has 2 nitrogen and oxygen atoms in total. The molecule has 0 heterocycles. The van der Waals surface area contributed by atoms with Crippen LogP contribution in [0.5, 0.6) is 0 Å². The van der Waals surface area contributed by atoms with Crippen molar-refractivity contribution in [2.45, 2.75) is 65.8 Å². The number of hydrogen-bond acceptors (Lipinski definition) is 2. The maximum Gasteiger partial charge on any atom is 0.0210 e. The van der Waals surface area contributed by atoms with E-state index in [1.807, 2.05) is 0 Å². The monoisotopic (exact) mass is 200 g/mol. The molecule has 14 heavy (non-hydrogen) atoms. The fraction of sp³-hybridized carbons (Fsp3) is 1.00. The van der Waals surface area contributed by atoms with E-state index in [0.29, 0.717) is 6.04 Å². The van der Waals surface area contributed by atoms with E-state index in [-0.39, 0.29) is 0 Å². The molecule has 0 aliphatic rings. The second-order valence-electron chi connectivity index (χ2n) is 5.16. The average molecular weight is 200 g/mol. The maximum atomic E-state index is 5.53. The fourth-order valence-corrected chi connectivity index (χ4v) is 1.62. The third-order valence-corrected chi connectivity index (χ3v) is 2.66. The second kappa shape index (κ2) is 8.25. The molecule has 0 radical (unpaired) electrons. The molecule has 0 spiro atoms. The Bertz CT molecular complexity index is 121. The van der Waals surface area contributed by atoms with Crippen molar-refractivity contribution in [1.29, 1.82) is 0 Å². The van der Waals surface area contributed by atoms with Crippen molar-refractivity contribution >= 4 is 0 Å². The fourth-order valence-electron chi connectivity index (χ4n) is 1.62. The molecule has 0 aromatic rings. The second-order valence-corrected chi connectivity index (χ2v) is 5.16. The van der Waals surface area contributed by atoms with Crippen LogP contribution in [0.25, 0.3) is 0 Å². The molecule has 1 atom stereocenters. The van der Waals surface area contributed by atoms with E-state index in [1.54, 1.807) is 0 Å². The molecule has 0 saturated heterocycles. The van der Waals surface area contributed by atoms with E-state index in [1.165, 1.54) is 32.1 Å². The molecule has 1 unspecified atom stereocenters. The van der Waals surface area contributed by atoms with Gasteiger partial charge in [0.05, 0.1) is 0 Å². The van der Waals surface area contributed by atoms with E-state index in [2.05, 4.69) is 33.1 Å². The highest BCUT2D eigenvalue weighted by molar-refractivity contribution is 4.65. The lowest BCUT2D eigenvalue weighted by atomic mass is 9.98. The van der Waals surface area contributed by atoms with Crippen molar-refractivity contribution in [3.63, 3.8) is 0 Å². The molecule has 0 fully saturated rings. The molecular formula is C12H28N2. The summed E-state index contributed by atoms with van der Waals surface area (Å²) in [6.45, 7) is 9.08. The van der Waals surface area contributed by atoms with E-state index >= 15 is 0 Å². The van der Waals surface area contributed by atoms with Crippen LogP contribution in [0.2, 0.25) is 0 Å². The Labute approximate surface area is 89.6 Å². The van der Waals surface area contributed by atoms with Gasteiger partial charge < -0.3 is 0 Å². The molecule has 3 N–H and O–H groups in total. The summed E-state index contributed by atoms with van der Waals surface area (Å²) < 4.78 is 0. The molecule has 0 aromatic carbocycles. The lowest BCUT2D eigenvalue weighted by Crippen LogP contribution is -2.35. The summed E-state index contributed by atoms with van der Waals surface area (Å²) >= 11 is 0. The van der Waals surface area contributed by atoms with E-state index in [9.17, 15) is 0 Å². The SMILES string of the molecule is CC(C)CCCC(CCC(C)C)NN. The summed E-state index contributed by atoms with van der Waals surface area (Å²) in [6, 6.07) is 0.524. The highest BCUT2D eigenvalue weighted by Crippen LogP contribution is 2.13. The number of rotatable bonds is 8. The van der Waals surface area contributed by atoms with Gasteiger partial charge in [0.15, 0.2) is 0 Å². The summed E-state index contributed by atoms with van der Waals surface area (Å²) in [7, 11) is 0. The Hall–Kier alpha value is -0.0800. The van der Waals surface area contributed by atoms with Gasteiger partial charge in [0.1, 0.15) is 0 Å². The highest BCUT2D eigenvalue weighted by Gasteiger charge is 2.07. The third kappa shape index (κ3) is 8.52. The van der Waals surface area contributed by atoms with Crippen molar-refractivity contribution in [1.82, 2.24) is 5.43 Å². The number of hydrazine groups is 1. The van der Waals surface area contributed by atoms with Gasteiger partial charge in [-0.15, -0.1) is 0 Å². The van der Waals surface area contributed by atoms with Gasteiger partial charge in [-0.25, -0.2) is 0 Å². The predicted molar refractivity (Wildman–Crippen MR) is 63.9 cm³/mol. The van der Waals surface area contributed by atoms with Gasteiger partial charge in [-0.1, -0.05) is 40.5 Å². The predicted octanol–water partition coefficient (Wildman–Crippen LogP) is 3.08. The van der Waals surface area contributed by atoms with Crippen LogP contribution in [0.1, 0.15) is 59.8 Å². The van der Waals surface area contributed by atoms with Crippen molar-refractivity contribution in [3.8, 4) is 0 Å². The third-order valence-electron chi connectivity index (χ3n) is 2.66. The molecule has 2 heteroatoms. The number of nitrogens with two attached hydrogens (primary N) is 1. The topological polar surface area (TPSA) is 38.0 Å². The van der Waals surface area contributed by atoms with E-state index in [0.717, 1.165) is 11.8 Å². The zero-order chi connectivity index (χ0) is 11.0.